The van der Waals surface area contributed by atoms with Gasteiger partial charge in [-0.15, -0.1) is 0 Å². The fourth-order valence-electron chi connectivity index (χ4n) is 15.3. The van der Waals surface area contributed by atoms with Gasteiger partial charge in [0.15, 0.2) is 0 Å². The van der Waals surface area contributed by atoms with Gasteiger partial charge in [-0.3, -0.25) is 14.5 Å². The van der Waals surface area contributed by atoms with Gasteiger partial charge < -0.3 is 20.2 Å². The number of rotatable bonds is 7. The zero-order valence-electron chi connectivity index (χ0n) is 36.1. The number of likely N-dealkylation sites (tertiary alicyclic amines) is 1. The molecule has 6 fully saturated rings. The van der Waals surface area contributed by atoms with Crippen molar-refractivity contribution in [1.82, 2.24) is 20.0 Å². The van der Waals surface area contributed by atoms with E-state index in [0.29, 0.717) is 48.2 Å². The molecule has 0 aromatic heterocycles. The molecule has 0 spiro atoms. The summed E-state index contributed by atoms with van der Waals surface area (Å²) >= 11 is 0. The van der Waals surface area contributed by atoms with Crippen molar-refractivity contribution in [2.24, 2.45) is 51.2 Å². The number of carbonyl (C=O) groups is 3. The van der Waals surface area contributed by atoms with Gasteiger partial charge >= 0.3 is 17.8 Å². The number of piperidine rings is 1. The maximum Gasteiger partial charge on any atom is 0.335 e. The molecule has 7 aliphatic rings. The van der Waals surface area contributed by atoms with Crippen molar-refractivity contribution in [3.8, 4) is 0 Å². The number of carboxylic acids is 1. The van der Waals surface area contributed by atoms with Crippen LogP contribution in [0.4, 0.5) is 0 Å². The quantitative estimate of drug-likeness (QED) is 0.213. The van der Waals surface area contributed by atoms with Gasteiger partial charge in [0.1, 0.15) is 0 Å². The predicted octanol–water partition coefficient (Wildman–Crippen LogP) is 8.53. The van der Waals surface area contributed by atoms with Crippen LogP contribution in [-0.2, 0) is 9.59 Å². The lowest BCUT2D eigenvalue weighted by Gasteiger charge is -2.72. The highest BCUT2D eigenvalue weighted by molar-refractivity contribution is 6.34. The van der Waals surface area contributed by atoms with Crippen LogP contribution in [0.25, 0.3) is 5.57 Å². The molecule has 57 heavy (non-hydrogen) atoms. The van der Waals surface area contributed by atoms with E-state index in [1.807, 2.05) is 12.1 Å². The Hall–Kier alpha value is -2.97. The minimum atomic E-state index is -0.868. The predicted molar refractivity (Wildman–Crippen MR) is 227 cm³/mol. The van der Waals surface area contributed by atoms with Gasteiger partial charge in [0.2, 0.25) is 0 Å². The molecule has 8 heteroatoms. The van der Waals surface area contributed by atoms with Crippen LogP contribution in [-0.4, -0.2) is 95.5 Å². The molecule has 2 N–H and O–H groups in total. The molecule has 2 heterocycles. The fourth-order valence-corrected chi connectivity index (χ4v) is 15.3. The minimum Gasteiger partial charge on any atom is -0.478 e. The van der Waals surface area contributed by atoms with Gasteiger partial charge in [-0.05, 0) is 158 Å². The summed E-state index contributed by atoms with van der Waals surface area (Å²) in [6.07, 6.45) is 16.9. The molecule has 0 bridgehead atoms. The molecule has 312 valence electrons. The highest BCUT2D eigenvalue weighted by Crippen LogP contribution is 2.76. The van der Waals surface area contributed by atoms with Gasteiger partial charge in [0.05, 0.1) is 5.56 Å². The summed E-state index contributed by atoms with van der Waals surface area (Å²) in [6, 6.07) is 7.61. The van der Waals surface area contributed by atoms with E-state index in [0.717, 1.165) is 65.0 Å². The average Bonchev–Trinajstić information content (AvgIpc) is 3.58. The lowest BCUT2D eigenvalue weighted by atomic mass is 9.33. The van der Waals surface area contributed by atoms with Crippen molar-refractivity contribution >= 4 is 23.4 Å². The Morgan fingerprint density at radius 1 is 0.772 bits per heavy atom. The standard InChI is InChI=1S/C49H72N4O4/c1-33(2)36-17-22-49(50-25-28-51-29-31-53(32-30-51)43(55)42(54)52-26-9-8-10-27-52)24-23-47(6)38(41(36)49)15-16-40-46(5)20-18-37(34-11-13-35(14-12-34)44(56)57)45(3,4)39(46)19-21-48(40,47)7/h11-14,18,36,38-41,50H,1,8-10,15-17,19-32H2,2-7H3,(H,56,57)/t36-,38+,39-,40+,41+,46-,47+,48+,49-/m0/s1. The molecule has 1 aromatic carbocycles. The van der Waals surface area contributed by atoms with Crippen molar-refractivity contribution in [3.05, 3.63) is 53.6 Å². The lowest BCUT2D eigenvalue weighted by Crippen LogP contribution is -2.68. The van der Waals surface area contributed by atoms with Crippen molar-refractivity contribution in [3.63, 3.8) is 0 Å². The van der Waals surface area contributed by atoms with E-state index in [9.17, 15) is 19.5 Å². The second-order valence-corrected chi connectivity index (χ2v) is 21.2. The van der Waals surface area contributed by atoms with E-state index in [2.05, 4.69) is 64.4 Å². The molecule has 1 aromatic rings. The number of aromatic carboxylic acids is 1. The monoisotopic (exact) mass is 781 g/mol. The number of fused-ring (bicyclic) bond motifs is 7. The Morgan fingerprint density at radius 2 is 1.44 bits per heavy atom. The molecular formula is C49H72N4O4. The number of piperazine rings is 1. The van der Waals surface area contributed by atoms with Crippen LogP contribution in [0.1, 0.15) is 135 Å². The zero-order valence-corrected chi connectivity index (χ0v) is 36.1. The van der Waals surface area contributed by atoms with Crippen molar-refractivity contribution in [1.29, 1.82) is 0 Å². The average molecular weight is 781 g/mol. The third-order valence-corrected chi connectivity index (χ3v) is 18.5. The number of nitrogens with zero attached hydrogens (tertiary/aromatic N) is 3. The largest absolute Gasteiger partial charge is 0.478 e. The van der Waals surface area contributed by atoms with Gasteiger partial charge in [0.25, 0.3) is 0 Å². The highest BCUT2D eigenvalue weighted by Gasteiger charge is 2.70. The summed E-state index contributed by atoms with van der Waals surface area (Å²) in [7, 11) is 0. The number of carbonyl (C=O) groups excluding carboxylic acids is 2. The Kier molecular flexibility index (Phi) is 10.7. The number of nitrogens with one attached hydrogen (secondary N) is 1. The smallest absolute Gasteiger partial charge is 0.335 e. The van der Waals surface area contributed by atoms with Gasteiger partial charge in [-0.25, -0.2) is 4.79 Å². The summed E-state index contributed by atoms with van der Waals surface area (Å²) in [5, 5.41) is 13.8. The topological polar surface area (TPSA) is 93.2 Å². The van der Waals surface area contributed by atoms with E-state index in [-0.39, 0.29) is 39.0 Å². The second-order valence-electron chi connectivity index (χ2n) is 21.2. The summed E-state index contributed by atoms with van der Waals surface area (Å²) in [6.45, 7) is 26.3. The Labute approximate surface area is 343 Å². The number of hydrogen-bond acceptors (Lipinski definition) is 5. The number of hydrogen-bond donors (Lipinski definition) is 2. The first kappa shape index (κ1) is 40.8. The minimum absolute atomic E-state index is 0.00559. The Morgan fingerprint density at radius 3 is 2.09 bits per heavy atom. The zero-order chi connectivity index (χ0) is 40.5. The van der Waals surface area contributed by atoms with Crippen molar-refractivity contribution in [2.75, 3.05) is 52.4 Å². The highest BCUT2D eigenvalue weighted by atomic mass is 16.4. The number of carboxylic acid groups (broad SMARTS) is 1. The third kappa shape index (κ3) is 6.57. The van der Waals surface area contributed by atoms with E-state index in [1.165, 1.54) is 68.1 Å². The van der Waals surface area contributed by atoms with Crippen molar-refractivity contribution in [2.45, 2.75) is 124 Å². The van der Waals surface area contributed by atoms with Gasteiger partial charge in [-0.1, -0.05) is 65.0 Å². The molecule has 4 saturated carbocycles. The summed E-state index contributed by atoms with van der Waals surface area (Å²) in [4.78, 5) is 43.6. The number of amides is 2. The van der Waals surface area contributed by atoms with Gasteiger partial charge in [-0.2, -0.15) is 0 Å². The molecule has 9 atom stereocenters. The van der Waals surface area contributed by atoms with E-state index < -0.39 is 5.97 Å². The Bertz CT molecular complexity index is 1770. The molecule has 8 rings (SSSR count). The van der Waals surface area contributed by atoms with Crippen LogP contribution in [0.2, 0.25) is 0 Å². The normalized spacial score (nSPS) is 38.9. The van der Waals surface area contributed by atoms with E-state index >= 15 is 0 Å². The Balaban J connectivity index is 0.957. The van der Waals surface area contributed by atoms with Crippen LogP contribution in [0, 0.1) is 51.2 Å². The molecule has 5 aliphatic carbocycles. The lowest BCUT2D eigenvalue weighted by molar-refractivity contribution is -0.219. The van der Waals surface area contributed by atoms with Crippen LogP contribution < -0.4 is 5.32 Å². The molecular weight excluding hydrogens is 709 g/mol. The van der Waals surface area contributed by atoms with Crippen LogP contribution >= 0.6 is 0 Å². The molecule has 2 amide bonds. The molecule has 8 nitrogen and oxygen atoms in total. The summed E-state index contributed by atoms with van der Waals surface area (Å²) in [5.41, 5.74) is 5.22. The van der Waals surface area contributed by atoms with Crippen LogP contribution in [0.15, 0.2) is 42.5 Å². The maximum absolute atomic E-state index is 13.1. The SMILES string of the molecule is C=C(C)[C@@H]1CC[C@]2(NCCN3CCN(C(=O)C(=O)N4CCCCC4)CC3)CC[C@]3(C)[C@H](CC[C@@H]4[C@@]5(C)CC=C(c6ccc(C(=O)O)cc6)C(C)(C)[C@@H]5CC[C@]43C)[C@@H]12. The first-order valence-corrected chi connectivity index (χ1v) is 22.8. The van der Waals surface area contributed by atoms with E-state index in [4.69, 9.17) is 0 Å². The molecule has 2 saturated heterocycles. The van der Waals surface area contributed by atoms with Crippen molar-refractivity contribution < 1.29 is 19.5 Å². The second kappa shape index (κ2) is 14.9. The first-order chi connectivity index (χ1) is 27.1. The molecule has 0 radical (unpaired) electrons. The summed E-state index contributed by atoms with van der Waals surface area (Å²) in [5.74, 6) is 1.62. The summed E-state index contributed by atoms with van der Waals surface area (Å²) < 4.78 is 0. The number of benzene rings is 1. The number of allylic oxidation sites excluding steroid dienone is 3. The first-order valence-electron chi connectivity index (χ1n) is 22.8. The van der Waals surface area contributed by atoms with Crippen LogP contribution in [0.3, 0.4) is 0 Å². The fraction of sp³-hybridized carbons (Fsp3) is 0.735. The van der Waals surface area contributed by atoms with E-state index in [1.54, 1.807) is 21.9 Å². The molecule has 2 aliphatic heterocycles. The van der Waals surface area contributed by atoms with Gasteiger partial charge in [0, 0.05) is 57.9 Å². The third-order valence-electron chi connectivity index (χ3n) is 18.5. The van der Waals surface area contributed by atoms with Crippen LogP contribution in [0.5, 0.6) is 0 Å². The molecule has 0 unspecified atom stereocenters. The maximum atomic E-state index is 13.1.